The maximum absolute atomic E-state index is 12.4. The normalized spacial score (nSPS) is 19.5. The number of carbonyl (C=O) groups excluding carboxylic acids is 2. The molecule has 1 saturated carbocycles. The van der Waals surface area contributed by atoms with Crippen LogP contribution in [0.25, 0.3) is 0 Å². The third-order valence-electron chi connectivity index (χ3n) is 4.19. The molecular formula is C14H16Br2N2O2S. The molecule has 2 amide bonds. The first-order valence-electron chi connectivity index (χ1n) is 7.09. The van der Waals surface area contributed by atoms with Crippen molar-refractivity contribution in [3.63, 3.8) is 0 Å². The summed E-state index contributed by atoms with van der Waals surface area (Å²) in [5, 5.41) is 0. The minimum absolute atomic E-state index is 0.0575. The highest BCUT2D eigenvalue weighted by molar-refractivity contribution is 9.13. The van der Waals surface area contributed by atoms with E-state index in [1.807, 2.05) is 15.9 Å². The molecule has 21 heavy (non-hydrogen) atoms. The molecule has 3 rings (SSSR count). The van der Waals surface area contributed by atoms with E-state index in [4.69, 9.17) is 0 Å². The van der Waals surface area contributed by atoms with Gasteiger partial charge >= 0.3 is 0 Å². The molecule has 1 aliphatic heterocycles. The summed E-state index contributed by atoms with van der Waals surface area (Å²) in [5.74, 6) is 0.591. The average Bonchev–Trinajstić information content (AvgIpc) is 2.76. The molecule has 1 aromatic rings. The first-order chi connectivity index (χ1) is 10.1. The summed E-state index contributed by atoms with van der Waals surface area (Å²) in [6.07, 6.45) is 3.25. The molecule has 114 valence electrons. The first kappa shape index (κ1) is 15.5. The van der Waals surface area contributed by atoms with Gasteiger partial charge in [-0.15, -0.1) is 11.3 Å². The molecule has 0 radical (unpaired) electrons. The van der Waals surface area contributed by atoms with Crippen LogP contribution >= 0.6 is 43.2 Å². The van der Waals surface area contributed by atoms with Crippen molar-refractivity contribution >= 4 is 55.0 Å². The van der Waals surface area contributed by atoms with Gasteiger partial charge in [-0.05, 0) is 50.8 Å². The third kappa shape index (κ3) is 3.19. The van der Waals surface area contributed by atoms with Gasteiger partial charge in [0.2, 0.25) is 5.91 Å². The van der Waals surface area contributed by atoms with Crippen LogP contribution in [0.4, 0.5) is 0 Å². The van der Waals surface area contributed by atoms with E-state index in [2.05, 4.69) is 31.9 Å². The van der Waals surface area contributed by atoms with Crippen molar-refractivity contribution < 1.29 is 9.59 Å². The Morgan fingerprint density at radius 3 is 2.19 bits per heavy atom. The van der Waals surface area contributed by atoms with Crippen LogP contribution < -0.4 is 0 Å². The van der Waals surface area contributed by atoms with Crippen LogP contribution in [0.3, 0.4) is 0 Å². The molecule has 4 nitrogen and oxygen atoms in total. The van der Waals surface area contributed by atoms with Crippen LogP contribution in [0, 0.1) is 5.92 Å². The lowest BCUT2D eigenvalue weighted by atomic mass is 9.84. The predicted octanol–water partition coefficient (Wildman–Crippen LogP) is 3.36. The number of halogens is 2. The van der Waals surface area contributed by atoms with Crippen molar-refractivity contribution in [2.75, 3.05) is 26.2 Å². The van der Waals surface area contributed by atoms with Gasteiger partial charge in [-0.1, -0.05) is 6.42 Å². The van der Waals surface area contributed by atoms with E-state index in [1.54, 1.807) is 0 Å². The van der Waals surface area contributed by atoms with Crippen molar-refractivity contribution in [3.05, 3.63) is 19.2 Å². The Kier molecular flexibility index (Phi) is 4.71. The molecule has 1 aromatic heterocycles. The zero-order valence-electron chi connectivity index (χ0n) is 11.5. The zero-order chi connectivity index (χ0) is 15.0. The molecule has 2 heterocycles. The standard InChI is InChI=1S/C14H16Br2N2O2S/c15-10-8-11(21-12(10)16)14(20)18-6-4-17(5-7-18)13(19)9-2-1-3-9/h8-9H,1-7H2. The van der Waals surface area contributed by atoms with Gasteiger partial charge in [0.05, 0.1) is 8.66 Å². The molecule has 0 spiro atoms. The number of hydrogen-bond acceptors (Lipinski definition) is 3. The van der Waals surface area contributed by atoms with E-state index in [-0.39, 0.29) is 17.7 Å². The molecule has 2 fully saturated rings. The van der Waals surface area contributed by atoms with E-state index in [1.165, 1.54) is 17.8 Å². The Hall–Kier alpha value is -0.400. The minimum atomic E-state index is 0.0575. The number of amides is 2. The number of carbonyl (C=O) groups is 2. The topological polar surface area (TPSA) is 40.6 Å². The fraction of sp³-hybridized carbons (Fsp3) is 0.571. The lowest BCUT2D eigenvalue weighted by Crippen LogP contribution is -2.52. The highest BCUT2D eigenvalue weighted by Crippen LogP contribution is 2.33. The summed E-state index contributed by atoms with van der Waals surface area (Å²) in [7, 11) is 0. The quantitative estimate of drug-likeness (QED) is 0.714. The molecular weight excluding hydrogens is 420 g/mol. The van der Waals surface area contributed by atoms with Gasteiger partial charge in [-0.25, -0.2) is 0 Å². The Bertz CT molecular complexity index is 544. The monoisotopic (exact) mass is 434 g/mol. The summed E-state index contributed by atoms with van der Waals surface area (Å²) in [5.41, 5.74) is 0. The maximum atomic E-state index is 12.4. The Labute approximate surface area is 144 Å². The van der Waals surface area contributed by atoms with Crippen LogP contribution in [0.1, 0.15) is 28.9 Å². The summed E-state index contributed by atoms with van der Waals surface area (Å²) in [4.78, 5) is 29.1. The number of piperazine rings is 1. The fourth-order valence-electron chi connectivity index (χ4n) is 2.65. The molecule has 0 aromatic carbocycles. The predicted molar refractivity (Wildman–Crippen MR) is 89.5 cm³/mol. The lowest BCUT2D eigenvalue weighted by molar-refractivity contribution is -0.139. The highest BCUT2D eigenvalue weighted by atomic mass is 79.9. The van der Waals surface area contributed by atoms with Crippen molar-refractivity contribution in [1.29, 1.82) is 0 Å². The second kappa shape index (κ2) is 6.38. The van der Waals surface area contributed by atoms with Gasteiger partial charge in [0.1, 0.15) is 0 Å². The van der Waals surface area contributed by atoms with E-state index in [0.29, 0.717) is 26.2 Å². The number of hydrogen-bond donors (Lipinski definition) is 0. The zero-order valence-corrected chi connectivity index (χ0v) is 15.5. The largest absolute Gasteiger partial charge is 0.339 e. The number of nitrogens with zero attached hydrogens (tertiary/aromatic N) is 2. The summed E-state index contributed by atoms with van der Waals surface area (Å²) >= 11 is 8.26. The molecule has 1 aliphatic carbocycles. The van der Waals surface area contributed by atoms with Crippen molar-refractivity contribution in [1.82, 2.24) is 9.80 Å². The molecule has 0 unspecified atom stereocenters. The van der Waals surface area contributed by atoms with Gasteiger partial charge in [0.25, 0.3) is 5.91 Å². The second-order valence-corrected chi connectivity index (χ2v) is 8.70. The highest BCUT2D eigenvalue weighted by Gasteiger charge is 2.32. The molecule has 0 N–H and O–H groups in total. The SMILES string of the molecule is O=C(c1cc(Br)c(Br)s1)N1CCN(C(=O)C2CCC2)CC1. The minimum Gasteiger partial charge on any atom is -0.339 e. The molecule has 7 heteroatoms. The summed E-state index contributed by atoms with van der Waals surface area (Å²) in [6.45, 7) is 2.58. The maximum Gasteiger partial charge on any atom is 0.264 e. The summed E-state index contributed by atoms with van der Waals surface area (Å²) in [6, 6.07) is 1.85. The average molecular weight is 436 g/mol. The van der Waals surface area contributed by atoms with E-state index in [9.17, 15) is 9.59 Å². The van der Waals surface area contributed by atoms with Crippen LogP contribution in [0.2, 0.25) is 0 Å². The third-order valence-corrected chi connectivity index (χ3v) is 7.43. The summed E-state index contributed by atoms with van der Waals surface area (Å²) < 4.78 is 1.85. The van der Waals surface area contributed by atoms with Crippen LogP contribution in [-0.2, 0) is 4.79 Å². The van der Waals surface area contributed by atoms with Crippen molar-refractivity contribution in [2.24, 2.45) is 5.92 Å². The Balaban J connectivity index is 1.57. The van der Waals surface area contributed by atoms with Crippen LogP contribution in [-0.4, -0.2) is 47.8 Å². The van der Waals surface area contributed by atoms with Gasteiger partial charge in [-0.2, -0.15) is 0 Å². The fourth-order valence-corrected chi connectivity index (χ4v) is 4.65. The first-order valence-corrected chi connectivity index (χ1v) is 9.49. The molecule has 1 saturated heterocycles. The van der Waals surface area contributed by atoms with Gasteiger partial charge in [0, 0.05) is 36.6 Å². The molecule has 0 bridgehead atoms. The van der Waals surface area contributed by atoms with Gasteiger partial charge in [-0.3, -0.25) is 9.59 Å². The Morgan fingerprint density at radius 1 is 1.10 bits per heavy atom. The van der Waals surface area contributed by atoms with E-state index in [0.717, 1.165) is 26.0 Å². The smallest absolute Gasteiger partial charge is 0.264 e. The van der Waals surface area contributed by atoms with E-state index < -0.39 is 0 Å². The van der Waals surface area contributed by atoms with Crippen molar-refractivity contribution in [2.45, 2.75) is 19.3 Å². The van der Waals surface area contributed by atoms with Crippen molar-refractivity contribution in [3.8, 4) is 0 Å². The lowest BCUT2D eigenvalue weighted by Gasteiger charge is -2.38. The second-order valence-electron chi connectivity index (χ2n) is 5.48. The Morgan fingerprint density at radius 2 is 1.71 bits per heavy atom. The number of rotatable bonds is 2. The van der Waals surface area contributed by atoms with Crippen LogP contribution in [0.5, 0.6) is 0 Å². The molecule has 2 aliphatic rings. The number of thiophene rings is 1. The van der Waals surface area contributed by atoms with Gasteiger partial charge in [0.15, 0.2) is 0 Å². The van der Waals surface area contributed by atoms with E-state index >= 15 is 0 Å². The molecule has 0 atom stereocenters. The van der Waals surface area contributed by atoms with Gasteiger partial charge < -0.3 is 9.80 Å². The van der Waals surface area contributed by atoms with Crippen LogP contribution in [0.15, 0.2) is 14.3 Å².